The molecule has 0 rings (SSSR count). The van der Waals surface area contributed by atoms with Crippen LogP contribution in [0.2, 0.25) is 0 Å². The molecule has 1 N–H and O–H groups in total. The Hall–Kier alpha value is -0.210. The van der Waals surface area contributed by atoms with Crippen molar-refractivity contribution < 1.29 is 27.0 Å². The second-order valence-corrected chi connectivity index (χ2v) is 7.10. The first-order valence-electron chi connectivity index (χ1n) is 8.94. The summed E-state index contributed by atoms with van der Waals surface area (Å²) in [5, 5.41) is 7.00. The van der Waals surface area contributed by atoms with E-state index >= 15 is 0 Å². The standard InChI is InChI=1S/C16H36N.H2O5S/c1-5-9-13-17(14-10-6-2,15-11-7-3)16-12-8-4;1-5-6(2,3)4/h5-16H2,1-4H3;1H,(H,2,3,4)/q+1;/p-1. The quantitative estimate of drug-likeness (QED) is 0.178. The number of hydrogen-bond acceptors (Lipinski definition) is 5. The minimum absolute atomic E-state index is 1.35. The molecule has 0 fully saturated rings. The van der Waals surface area contributed by atoms with Crippen molar-refractivity contribution in [1.29, 1.82) is 0 Å². The maximum absolute atomic E-state index is 8.97. The van der Waals surface area contributed by atoms with Crippen LogP contribution < -0.4 is 0 Å². The van der Waals surface area contributed by atoms with Gasteiger partial charge >= 0.3 is 0 Å². The normalized spacial score (nSPS) is 11.9. The van der Waals surface area contributed by atoms with Gasteiger partial charge in [-0.25, -0.2) is 13.7 Å². The zero-order chi connectivity index (χ0) is 18.2. The van der Waals surface area contributed by atoms with Crippen molar-refractivity contribution in [2.24, 2.45) is 0 Å². The summed E-state index contributed by atoms with van der Waals surface area (Å²) in [7, 11) is -4.86. The van der Waals surface area contributed by atoms with Gasteiger partial charge < -0.3 is 9.04 Å². The molecule has 0 saturated carbocycles. The number of rotatable bonds is 13. The van der Waals surface area contributed by atoms with Crippen molar-refractivity contribution in [2.75, 3.05) is 26.2 Å². The third-order valence-corrected chi connectivity index (χ3v) is 4.22. The Labute approximate surface area is 143 Å². The van der Waals surface area contributed by atoms with E-state index in [-0.39, 0.29) is 0 Å². The van der Waals surface area contributed by atoms with Gasteiger partial charge in [-0.3, -0.25) is 0 Å². The molecule has 0 aromatic carbocycles. The van der Waals surface area contributed by atoms with Crippen molar-refractivity contribution in [3.05, 3.63) is 0 Å². The van der Waals surface area contributed by atoms with Crippen LogP contribution in [0.15, 0.2) is 0 Å². The first-order chi connectivity index (χ1) is 10.8. The van der Waals surface area contributed by atoms with Crippen LogP contribution in [-0.4, -0.2) is 48.9 Å². The first kappa shape index (κ1) is 25.0. The summed E-state index contributed by atoms with van der Waals surface area (Å²) in [5.41, 5.74) is 0. The summed E-state index contributed by atoms with van der Waals surface area (Å²) in [6, 6.07) is 0. The predicted octanol–water partition coefficient (Wildman–Crippen LogP) is 3.94. The van der Waals surface area contributed by atoms with Gasteiger partial charge in [-0.15, -0.1) is 4.33 Å². The smallest absolute Gasteiger partial charge is 0.245 e. The molecule has 0 aliphatic carbocycles. The van der Waals surface area contributed by atoms with Crippen molar-refractivity contribution in [2.45, 2.75) is 79.1 Å². The Morgan fingerprint density at radius 2 is 1.00 bits per heavy atom. The van der Waals surface area contributed by atoms with E-state index in [2.05, 4.69) is 32.0 Å². The summed E-state index contributed by atoms with van der Waals surface area (Å²) < 4.78 is 30.7. The van der Waals surface area contributed by atoms with E-state index < -0.39 is 10.4 Å². The van der Waals surface area contributed by atoms with Crippen LogP contribution in [-0.2, 0) is 14.7 Å². The summed E-state index contributed by atoms with van der Waals surface area (Å²) in [6.07, 6.45) is 11.1. The van der Waals surface area contributed by atoms with E-state index in [1.165, 1.54) is 82.0 Å². The van der Waals surface area contributed by atoms with Gasteiger partial charge in [0.25, 0.3) is 0 Å². The third kappa shape index (κ3) is 16.4. The minimum Gasteiger partial charge on any atom is -0.724 e. The zero-order valence-corrected chi connectivity index (χ0v) is 16.2. The zero-order valence-electron chi connectivity index (χ0n) is 15.4. The van der Waals surface area contributed by atoms with Crippen molar-refractivity contribution in [1.82, 2.24) is 0 Å². The van der Waals surface area contributed by atoms with Crippen LogP contribution in [0.1, 0.15) is 79.1 Å². The maximum atomic E-state index is 8.97. The van der Waals surface area contributed by atoms with Crippen LogP contribution in [0.3, 0.4) is 0 Å². The second kappa shape index (κ2) is 15.3. The minimum atomic E-state index is -4.86. The lowest BCUT2D eigenvalue weighted by atomic mass is 10.1. The Balaban J connectivity index is 0. The Morgan fingerprint density at radius 1 is 0.783 bits per heavy atom. The summed E-state index contributed by atoms with van der Waals surface area (Å²) in [5.74, 6) is 0. The molecular weight excluding hydrogens is 318 g/mol. The molecule has 0 heterocycles. The second-order valence-electron chi connectivity index (χ2n) is 6.13. The molecule has 0 aliphatic heterocycles. The van der Waals surface area contributed by atoms with Crippen LogP contribution in [0.4, 0.5) is 0 Å². The first-order valence-corrected chi connectivity index (χ1v) is 10.3. The molecule has 0 aromatic rings. The van der Waals surface area contributed by atoms with Crippen LogP contribution in [0, 0.1) is 0 Å². The highest BCUT2D eigenvalue weighted by Crippen LogP contribution is 2.16. The monoisotopic (exact) mass is 355 g/mol. The number of unbranched alkanes of at least 4 members (excludes halogenated alkanes) is 4. The molecule has 7 heteroatoms. The van der Waals surface area contributed by atoms with Gasteiger partial charge in [0.05, 0.1) is 26.2 Å². The number of hydrogen-bond donors (Lipinski definition) is 1. The molecule has 0 saturated heterocycles. The van der Waals surface area contributed by atoms with E-state index in [9.17, 15) is 0 Å². The van der Waals surface area contributed by atoms with E-state index in [4.69, 9.17) is 18.2 Å². The predicted molar refractivity (Wildman–Crippen MR) is 92.8 cm³/mol. The Bertz CT molecular complexity index is 309. The molecule has 0 spiro atoms. The Kier molecular flexibility index (Phi) is 16.7. The summed E-state index contributed by atoms with van der Waals surface area (Å²) in [4.78, 5) is 0. The Morgan fingerprint density at radius 3 is 1.13 bits per heavy atom. The van der Waals surface area contributed by atoms with Crippen LogP contribution >= 0.6 is 0 Å². The van der Waals surface area contributed by atoms with E-state index in [0.29, 0.717) is 0 Å². The van der Waals surface area contributed by atoms with Crippen LogP contribution in [0.5, 0.6) is 0 Å². The highest BCUT2D eigenvalue weighted by Gasteiger charge is 2.24. The lowest BCUT2D eigenvalue weighted by Crippen LogP contribution is -2.50. The van der Waals surface area contributed by atoms with E-state index in [1.54, 1.807) is 0 Å². The largest absolute Gasteiger partial charge is 0.724 e. The molecule has 0 amide bonds. The molecule has 0 aromatic heterocycles. The SMILES string of the molecule is CCCC[N+](CCCC)(CCCC)CCCC.O=S(=O)([O-])OO. The molecule has 0 unspecified atom stereocenters. The van der Waals surface area contributed by atoms with Crippen molar-refractivity contribution in [3.63, 3.8) is 0 Å². The lowest BCUT2D eigenvalue weighted by molar-refractivity contribution is -0.929. The molecule has 0 bridgehead atoms. The van der Waals surface area contributed by atoms with E-state index in [1.807, 2.05) is 0 Å². The number of nitrogens with zero attached hydrogens (tertiary/aromatic N) is 1. The van der Waals surface area contributed by atoms with Crippen molar-refractivity contribution in [3.8, 4) is 0 Å². The topological polar surface area (TPSA) is 86.7 Å². The molecule has 0 radical (unpaired) electrons. The lowest BCUT2D eigenvalue weighted by Gasteiger charge is -2.39. The van der Waals surface area contributed by atoms with Gasteiger partial charge in [0.15, 0.2) is 0 Å². The maximum Gasteiger partial charge on any atom is 0.245 e. The van der Waals surface area contributed by atoms with Gasteiger partial charge in [-0.1, -0.05) is 53.4 Å². The average Bonchev–Trinajstić information content (AvgIpc) is 2.53. The van der Waals surface area contributed by atoms with Crippen LogP contribution in [0.25, 0.3) is 0 Å². The van der Waals surface area contributed by atoms with Gasteiger partial charge in [0, 0.05) is 0 Å². The molecular formula is C16H37NO5S. The summed E-state index contributed by atoms with van der Waals surface area (Å²) in [6.45, 7) is 15.0. The van der Waals surface area contributed by atoms with E-state index in [0.717, 1.165) is 0 Å². The number of quaternary nitrogens is 1. The fourth-order valence-corrected chi connectivity index (χ4v) is 2.64. The van der Waals surface area contributed by atoms with Gasteiger partial charge in [-0.2, -0.15) is 0 Å². The third-order valence-electron chi connectivity index (χ3n) is 4.04. The molecule has 0 aliphatic rings. The highest BCUT2D eigenvalue weighted by molar-refractivity contribution is 7.80. The average molecular weight is 356 g/mol. The molecule has 23 heavy (non-hydrogen) atoms. The molecule has 142 valence electrons. The highest BCUT2D eigenvalue weighted by atomic mass is 32.3. The molecule has 6 nitrogen and oxygen atoms in total. The summed E-state index contributed by atoms with van der Waals surface area (Å²) >= 11 is 0. The van der Waals surface area contributed by atoms with Gasteiger partial charge in [0.1, 0.15) is 0 Å². The van der Waals surface area contributed by atoms with Crippen molar-refractivity contribution >= 4 is 10.4 Å². The van der Waals surface area contributed by atoms with Gasteiger partial charge in [0.2, 0.25) is 10.4 Å². The fourth-order valence-electron chi connectivity index (χ4n) is 2.64. The fraction of sp³-hybridized carbons (Fsp3) is 1.00. The van der Waals surface area contributed by atoms with Gasteiger partial charge in [-0.05, 0) is 25.7 Å². The molecule has 0 atom stereocenters.